The average molecular weight is 440 g/mol. The van der Waals surface area contributed by atoms with Crippen LogP contribution < -0.4 is 0 Å². The molecular formula is C20H33N3O4SSi. The van der Waals surface area contributed by atoms with E-state index in [0.717, 1.165) is 6.42 Å². The maximum Gasteiger partial charge on any atom is 0.473 e. The van der Waals surface area contributed by atoms with Gasteiger partial charge in [-0.05, 0) is 36.7 Å². The molecule has 7 nitrogen and oxygen atoms in total. The van der Waals surface area contributed by atoms with E-state index < -0.39 is 29.1 Å². The molecule has 0 spiro atoms. The molecule has 29 heavy (non-hydrogen) atoms. The van der Waals surface area contributed by atoms with Crippen molar-refractivity contribution < 1.29 is 22.4 Å². The Kier molecular flexibility index (Phi) is 8.96. The van der Waals surface area contributed by atoms with Gasteiger partial charge in [0, 0.05) is 13.1 Å². The first-order valence-corrected chi connectivity index (χ1v) is 14.2. The molecule has 0 aliphatic carbocycles. The summed E-state index contributed by atoms with van der Waals surface area (Å²) in [7, 11) is -6.22. The zero-order valence-electron chi connectivity index (χ0n) is 18.3. The first-order chi connectivity index (χ1) is 13.4. The Bertz CT molecular complexity index is 842. The largest absolute Gasteiger partial charge is 0.473 e. The summed E-state index contributed by atoms with van der Waals surface area (Å²) < 4.78 is 31.7. The lowest BCUT2D eigenvalue weighted by Crippen LogP contribution is -2.46. The van der Waals surface area contributed by atoms with E-state index in [4.69, 9.17) is 4.43 Å². The Morgan fingerprint density at radius 2 is 1.76 bits per heavy atom. The van der Waals surface area contributed by atoms with Crippen molar-refractivity contribution in [3.05, 3.63) is 35.9 Å². The molecule has 0 aromatic heterocycles. The van der Waals surface area contributed by atoms with E-state index in [1.54, 1.807) is 18.2 Å². The minimum absolute atomic E-state index is 0.0274. The van der Waals surface area contributed by atoms with E-state index in [0.29, 0.717) is 19.6 Å². The summed E-state index contributed by atoms with van der Waals surface area (Å²) in [5.41, 5.74) is 9.37. The highest BCUT2D eigenvalue weighted by atomic mass is 32.2. The monoisotopic (exact) mass is 439 g/mol. The highest BCUT2D eigenvalue weighted by molar-refractivity contribution is 8.08. The molecule has 1 aromatic carbocycles. The van der Waals surface area contributed by atoms with Gasteiger partial charge in [0.25, 0.3) is 9.84 Å². The van der Waals surface area contributed by atoms with Crippen LogP contribution in [0.3, 0.4) is 0 Å². The van der Waals surface area contributed by atoms with Crippen LogP contribution in [0.2, 0.25) is 18.1 Å². The van der Waals surface area contributed by atoms with Crippen molar-refractivity contribution in [1.82, 2.24) is 4.90 Å². The smallest absolute Gasteiger partial charge is 0.415 e. The minimum Gasteiger partial charge on any atom is -0.415 e. The molecular weight excluding hydrogens is 406 g/mol. The van der Waals surface area contributed by atoms with Crippen molar-refractivity contribution in [2.45, 2.75) is 63.6 Å². The number of hydrogen-bond donors (Lipinski definition) is 0. The van der Waals surface area contributed by atoms with E-state index in [1.165, 1.54) is 17.0 Å². The summed E-state index contributed by atoms with van der Waals surface area (Å²) >= 11 is 0. The molecule has 9 heteroatoms. The van der Waals surface area contributed by atoms with Crippen molar-refractivity contribution in [3.8, 4) is 0 Å². The Morgan fingerprint density at radius 3 is 2.24 bits per heavy atom. The Balaban J connectivity index is 3.04. The summed E-state index contributed by atoms with van der Waals surface area (Å²) in [4.78, 5) is 17.1. The molecule has 162 valence electrons. The van der Waals surface area contributed by atoms with E-state index in [1.807, 2.05) is 6.92 Å². The normalized spacial score (nSPS) is 12.3. The number of carbonyl (C=O) groups excluding carboxylic acids is 1. The third-order valence-electron chi connectivity index (χ3n) is 5.28. The molecule has 1 amide bonds. The first kappa shape index (κ1) is 25.2. The molecule has 0 N–H and O–H groups in total. The highest BCUT2D eigenvalue weighted by Crippen LogP contribution is 2.36. The lowest BCUT2D eigenvalue weighted by atomic mass is 10.2. The maximum atomic E-state index is 13.0. The molecule has 0 atom stereocenters. The van der Waals surface area contributed by atoms with Gasteiger partial charge >= 0.3 is 11.0 Å². The summed E-state index contributed by atoms with van der Waals surface area (Å²) in [6.45, 7) is 13.5. The second-order valence-corrected chi connectivity index (χ2v) is 15.2. The summed E-state index contributed by atoms with van der Waals surface area (Å²) in [6, 6.07) is 7.50. The predicted octanol–water partition coefficient (Wildman–Crippen LogP) is 3.74. The van der Waals surface area contributed by atoms with Crippen LogP contribution in [0.25, 0.3) is 5.53 Å². The van der Waals surface area contributed by atoms with Crippen molar-refractivity contribution in [2.75, 3.05) is 19.7 Å². The molecule has 0 bridgehead atoms. The number of amides is 1. The number of benzene rings is 1. The standard InChI is InChI=1S/C20H33N3O4SSi/c1-7-8-14-23(15-16-27-29(5,6)20(2,3)4)19(24)18(22-21)28(25,26)17-12-10-9-11-13-17/h9-13H,7-8,14-16H2,1-6H3. The van der Waals surface area contributed by atoms with Crippen LogP contribution >= 0.6 is 0 Å². The second kappa shape index (κ2) is 10.3. The lowest BCUT2D eigenvalue weighted by molar-refractivity contribution is -0.128. The second-order valence-electron chi connectivity index (χ2n) is 8.48. The number of carbonyl (C=O) groups is 1. The number of rotatable bonds is 8. The molecule has 0 aliphatic rings. The zero-order valence-corrected chi connectivity index (χ0v) is 20.1. The summed E-state index contributed by atoms with van der Waals surface area (Å²) in [5, 5.41) is -0.841. The van der Waals surface area contributed by atoms with Gasteiger partial charge in [-0.1, -0.05) is 52.3 Å². The van der Waals surface area contributed by atoms with Gasteiger partial charge in [0.1, 0.15) is 0 Å². The van der Waals surface area contributed by atoms with Crippen LogP contribution in [0.4, 0.5) is 0 Å². The molecule has 0 saturated carbocycles. The third kappa shape index (κ3) is 6.60. The fourth-order valence-electron chi connectivity index (χ4n) is 2.35. The van der Waals surface area contributed by atoms with Gasteiger partial charge in [-0.25, -0.2) is 8.42 Å². The molecule has 0 aliphatic heterocycles. The fraction of sp³-hybridized carbons (Fsp3) is 0.600. The molecule has 1 rings (SSSR count). The molecule has 1 aromatic rings. The summed E-state index contributed by atoms with van der Waals surface area (Å²) in [5.74, 6) is -0.816. The van der Waals surface area contributed by atoms with Crippen molar-refractivity contribution >= 4 is 29.1 Å². The Hall–Kier alpha value is -1.80. The van der Waals surface area contributed by atoms with Gasteiger partial charge in [0.05, 0.1) is 11.5 Å². The van der Waals surface area contributed by atoms with Crippen LogP contribution in [-0.4, -0.2) is 57.1 Å². The fourth-order valence-corrected chi connectivity index (χ4v) is 4.59. The zero-order chi connectivity index (χ0) is 22.3. The molecule has 0 heterocycles. The van der Waals surface area contributed by atoms with Crippen LogP contribution in [-0.2, 0) is 19.1 Å². The van der Waals surface area contributed by atoms with Gasteiger partial charge in [-0.3, -0.25) is 4.79 Å². The average Bonchev–Trinajstić information content (AvgIpc) is 2.64. The maximum absolute atomic E-state index is 13.0. The van der Waals surface area contributed by atoms with Crippen molar-refractivity contribution in [2.24, 2.45) is 0 Å². The summed E-state index contributed by atoms with van der Waals surface area (Å²) in [6.07, 6.45) is 1.54. The quantitative estimate of drug-likeness (QED) is 0.202. The lowest BCUT2D eigenvalue weighted by Gasteiger charge is -2.36. The van der Waals surface area contributed by atoms with Gasteiger partial charge in [0.15, 0.2) is 8.32 Å². The number of unbranched alkanes of at least 4 members (excludes halogenated alkanes) is 1. The number of nitrogens with zero attached hydrogens (tertiary/aromatic N) is 3. The molecule has 0 saturated heterocycles. The highest BCUT2D eigenvalue weighted by Gasteiger charge is 2.41. The van der Waals surface area contributed by atoms with Crippen LogP contribution in [0, 0.1) is 0 Å². The topological polar surface area (TPSA) is 100 Å². The molecule has 0 radical (unpaired) electrons. The van der Waals surface area contributed by atoms with Crippen molar-refractivity contribution in [3.63, 3.8) is 0 Å². The minimum atomic E-state index is -4.22. The predicted molar refractivity (Wildman–Crippen MR) is 117 cm³/mol. The Morgan fingerprint density at radius 1 is 1.17 bits per heavy atom. The SMILES string of the molecule is CCCCN(CCO[Si](C)(C)C(C)(C)C)C(=O)C(=[N+]=[N-])S(=O)(=O)c1ccccc1. The van der Waals surface area contributed by atoms with Crippen LogP contribution in [0.5, 0.6) is 0 Å². The van der Waals surface area contributed by atoms with Crippen molar-refractivity contribution in [1.29, 1.82) is 0 Å². The third-order valence-corrected chi connectivity index (χ3v) is 11.5. The first-order valence-electron chi connectivity index (χ1n) is 9.84. The molecule has 0 unspecified atom stereocenters. The van der Waals surface area contributed by atoms with Gasteiger partial charge < -0.3 is 14.9 Å². The van der Waals surface area contributed by atoms with E-state index in [2.05, 4.69) is 38.7 Å². The number of hydrogen-bond acceptors (Lipinski definition) is 4. The Labute approximate surface area is 175 Å². The van der Waals surface area contributed by atoms with Gasteiger partial charge in [-0.15, -0.1) is 4.79 Å². The van der Waals surface area contributed by atoms with Crippen LogP contribution in [0.15, 0.2) is 35.2 Å². The number of sulfone groups is 1. The van der Waals surface area contributed by atoms with E-state index in [-0.39, 0.29) is 16.5 Å². The van der Waals surface area contributed by atoms with E-state index in [9.17, 15) is 18.7 Å². The van der Waals surface area contributed by atoms with Gasteiger partial charge in [-0.2, -0.15) is 0 Å². The van der Waals surface area contributed by atoms with Gasteiger partial charge in [0.2, 0.25) is 0 Å². The van der Waals surface area contributed by atoms with E-state index >= 15 is 0 Å². The molecule has 0 fully saturated rings. The van der Waals surface area contributed by atoms with Crippen LogP contribution in [0.1, 0.15) is 40.5 Å².